The van der Waals surface area contributed by atoms with Crippen LogP contribution in [0.4, 0.5) is 0 Å². The smallest absolute Gasteiger partial charge is 0.161 e. The van der Waals surface area contributed by atoms with Crippen molar-refractivity contribution in [1.82, 2.24) is 0 Å². The van der Waals surface area contributed by atoms with Gasteiger partial charge < -0.3 is 19.9 Å². The van der Waals surface area contributed by atoms with Crippen LogP contribution in [0.1, 0.15) is 19.4 Å². The van der Waals surface area contributed by atoms with Gasteiger partial charge in [-0.05, 0) is 32.0 Å². The SMILES string of the molecule is COc1cc(C(=N)N)ccc1OCCOC(C)C. The van der Waals surface area contributed by atoms with E-state index in [0.717, 1.165) is 0 Å². The zero-order valence-electron chi connectivity index (χ0n) is 11.0. The molecule has 5 nitrogen and oxygen atoms in total. The second-order valence-electron chi connectivity index (χ2n) is 4.05. The minimum Gasteiger partial charge on any atom is -0.493 e. The number of methoxy groups -OCH3 is 1. The summed E-state index contributed by atoms with van der Waals surface area (Å²) >= 11 is 0. The molecule has 0 heterocycles. The number of nitrogen functional groups attached to an aromatic ring is 1. The molecule has 0 spiro atoms. The summed E-state index contributed by atoms with van der Waals surface area (Å²) in [7, 11) is 1.55. The highest BCUT2D eigenvalue weighted by Gasteiger charge is 2.07. The lowest BCUT2D eigenvalue weighted by atomic mass is 10.2. The van der Waals surface area contributed by atoms with E-state index in [1.165, 1.54) is 0 Å². The number of hydrogen-bond acceptors (Lipinski definition) is 4. The van der Waals surface area contributed by atoms with Gasteiger partial charge in [-0.1, -0.05) is 0 Å². The molecule has 0 atom stereocenters. The first kappa shape index (κ1) is 14.3. The minimum atomic E-state index is 0.00277. The Kier molecular flexibility index (Phi) is 5.45. The minimum absolute atomic E-state index is 0.00277. The Morgan fingerprint density at radius 1 is 1.28 bits per heavy atom. The van der Waals surface area contributed by atoms with Crippen molar-refractivity contribution < 1.29 is 14.2 Å². The van der Waals surface area contributed by atoms with Gasteiger partial charge in [-0.2, -0.15) is 0 Å². The number of nitrogens with one attached hydrogen (secondary N) is 1. The summed E-state index contributed by atoms with van der Waals surface area (Å²) in [5, 5.41) is 7.35. The lowest BCUT2D eigenvalue weighted by Crippen LogP contribution is -2.13. The summed E-state index contributed by atoms with van der Waals surface area (Å²) in [5.41, 5.74) is 6.02. The van der Waals surface area contributed by atoms with Crippen LogP contribution in [0.15, 0.2) is 18.2 Å². The molecular formula is C13H20N2O3. The summed E-state index contributed by atoms with van der Waals surface area (Å²) in [6, 6.07) is 5.15. The van der Waals surface area contributed by atoms with Gasteiger partial charge in [0, 0.05) is 5.56 Å². The van der Waals surface area contributed by atoms with E-state index in [4.69, 9.17) is 25.4 Å². The molecule has 100 valence electrons. The van der Waals surface area contributed by atoms with Crippen LogP contribution in [0, 0.1) is 5.41 Å². The van der Waals surface area contributed by atoms with Crippen LogP contribution in [0.2, 0.25) is 0 Å². The topological polar surface area (TPSA) is 77.6 Å². The van der Waals surface area contributed by atoms with Gasteiger partial charge in [-0.15, -0.1) is 0 Å². The van der Waals surface area contributed by atoms with Crippen molar-refractivity contribution in [3.8, 4) is 11.5 Å². The maximum Gasteiger partial charge on any atom is 0.161 e. The number of hydrogen-bond donors (Lipinski definition) is 2. The molecule has 0 bridgehead atoms. The molecular weight excluding hydrogens is 232 g/mol. The van der Waals surface area contributed by atoms with Crippen molar-refractivity contribution in [2.75, 3.05) is 20.3 Å². The average molecular weight is 252 g/mol. The second kappa shape index (κ2) is 6.86. The number of nitrogens with two attached hydrogens (primary N) is 1. The third-order valence-corrected chi connectivity index (χ3v) is 2.27. The first-order valence-electron chi connectivity index (χ1n) is 5.81. The second-order valence-corrected chi connectivity index (χ2v) is 4.05. The van der Waals surface area contributed by atoms with E-state index in [0.29, 0.717) is 30.3 Å². The van der Waals surface area contributed by atoms with E-state index in [1.54, 1.807) is 25.3 Å². The lowest BCUT2D eigenvalue weighted by molar-refractivity contribution is 0.0547. The summed E-state index contributed by atoms with van der Waals surface area (Å²) < 4.78 is 16.1. The Bertz CT molecular complexity index is 405. The molecule has 0 amide bonds. The molecule has 0 unspecified atom stereocenters. The Morgan fingerprint density at radius 2 is 2.00 bits per heavy atom. The fourth-order valence-electron chi connectivity index (χ4n) is 1.39. The van der Waals surface area contributed by atoms with Crippen molar-refractivity contribution >= 4 is 5.84 Å². The van der Waals surface area contributed by atoms with E-state index in [2.05, 4.69) is 0 Å². The highest BCUT2D eigenvalue weighted by atomic mass is 16.5. The van der Waals surface area contributed by atoms with Crippen LogP contribution in [-0.4, -0.2) is 32.3 Å². The highest BCUT2D eigenvalue weighted by molar-refractivity contribution is 5.95. The molecule has 1 rings (SSSR count). The summed E-state index contributed by atoms with van der Waals surface area (Å²) in [6.07, 6.45) is 0.190. The van der Waals surface area contributed by atoms with Crippen molar-refractivity contribution in [1.29, 1.82) is 5.41 Å². The van der Waals surface area contributed by atoms with Crippen molar-refractivity contribution in [3.63, 3.8) is 0 Å². The fraction of sp³-hybridized carbons (Fsp3) is 0.462. The molecule has 0 radical (unpaired) electrons. The number of amidine groups is 1. The molecule has 0 aliphatic carbocycles. The maximum atomic E-state index is 7.35. The Morgan fingerprint density at radius 3 is 2.56 bits per heavy atom. The standard InChI is InChI=1S/C13H20N2O3/c1-9(2)17-6-7-18-11-5-4-10(13(14)15)8-12(11)16-3/h4-5,8-9H,6-7H2,1-3H3,(H3,14,15). The Labute approximate surface area is 107 Å². The molecule has 3 N–H and O–H groups in total. The van der Waals surface area contributed by atoms with Crippen LogP contribution >= 0.6 is 0 Å². The molecule has 0 saturated heterocycles. The number of ether oxygens (including phenoxy) is 3. The number of benzene rings is 1. The summed E-state index contributed by atoms with van der Waals surface area (Å²) in [4.78, 5) is 0. The van der Waals surface area contributed by atoms with E-state index in [1.807, 2.05) is 13.8 Å². The fourth-order valence-corrected chi connectivity index (χ4v) is 1.39. The molecule has 5 heteroatoms. The largest absolute Gasteiger partial charge is 0.493 e. The maximum absolute atomic E-state index is 7.35. The van der Waals surface area contributed by atoms with Gasteiger partial charge in [0.1, 0.15) is 12.4 Å². The molecule has 0 aromatic heterocycles. The van der Waals surface area contributed by atoms with Gasteiger partial charge in [-0.25, -0.2) is 0 Å². The lowest BCUT2D eigenvalue weighted by Gasteiger charge is -2.13. The van der Waals surface area contributed by atoms with Gasteiger partial charge in [0.05, 0.1) is 19.8 Å². The van der Waals surface area contributed by atoms with Crippen molar-refractivity contribution in [2.24, 2.45) is 5.73 Å². The van der Waals surface area contributed by atoms with Crippen LogP contribution in [0.3, 0.4) is 0 Å². The van der Waals surface area contributed by atoms with E-state index >= 15 is 0 Å². The van der Waals surface area contributed by atoms with Crippen LogP contribution in [-0.2, 0) is 4.74 Å². The summed E-state index contributed by atoms with van der Waals surface area (Å²) in [5.74, 6) is 1.19. The molecule has 1 aromatic carbocycles. The first-order chi connectivity index (χ1) is 8.54. The van der Waals surface area contributed by atoms with Crippen LogP contribution in [0.5, 0.6) is 11.5 Å². The van der Waals surface area contributed by atoms with Gasteiger partial charge in [-0.3, -0.25) is 5.41 Å². The highest BCUT2D eigenvalue weighted by Crippen LogP contribution is 2.27. The number of rotatable bonds is 7. The molecule has 1 aromatic rings. The quantitative estimate of drug-likeness (QED) is 0.440. The Hall–Kier alpha value is -1.75. The van der Waals surface area contributed by atoms with Crippen LogP contribution < -0.4 is 15.2 Å². The average Bonchev–Trinajstić information content (AvgIpc) is 2.34. The first-order valence-corrected chi connectivity index (χ1v) is 5.81. The normalized spacial score (nSPS) is 10.4. The van der Waals surface area contributed by atoms with E-state index in [9.17, 15) is 0 Å². The molecule has 0 aliphatic rings. The predicted octanol–water partition coefficient (Wildman–Crippen LogP) is 1.78. The monoisotopic (exact) mass is 252 g/mol. The Balaban J connectivity index is 2.62. The molecule has 0 aliphatic heterocycles. The van der Waals surface area contributed by atoms with Crippen molar-refractivity contribution in [2.45, 2.75) is 20.0 Å². The zero-order chi connectivity index (χ0) is 13.5. The summed E-state index contributed by atoms with van der Waals surface area (Å²) in [6.45, 7) is 4.92. The van der Waals surface area contributed by atoms with Gasteiger partial charge >= 0.3 is 0 Å². The molecule has 0 fully saturated rings. The van der Waals surface area contributed by atoms with Crippen molar-refractivity contribution in [3.05, 3.63) is 23.8 Å². The molecule has 0 saturated carbocycles. The predicted molar refractivity (Wildman–Crippen MR) is 70.6 cm³/mol. The van der Waals surface area contributed by atoms with Gasteiger partial charge in [0.2, 0.25) is 0 Å². The van der Waals surface area contributed by atoms with Crippen LogP contribution in [0.25, 0.3) is 0 Å². The third-order valence-electron chi connectivity index (χ3n) is 2.27. The third kappa shape index (κ3) is 4.25. The van der Waals surface area contributed by atoms with Gasteiger partial charge in [0.15, 0.2) is 11.5 Å². The molecule has 18 heavy (non-hydrogen) atoms. The van der Waals surface area contributed by atoms with Gasteiger partial charge in [0.25, 0.3) is 0 Å². The van der Waals surface area contributed by atoms with E-state index < -0.39 is 0 Å². The van der Waals surface area contributed by atoms with E-state index in [-0.39, 0.29) is 11.9 Å². The zero-order valence-corrected chi connectivity index (χ0v) is 11.0.